The molecule has 1 amide bonds. The Balaban J connectivity index is 1.92. The number of hydrogen-bond acceptors (Lipinski definition) is 6. The van der Waals surface area contributed by atoms with Crippen molar-refractivity contribution in [2.45, 2.75) is 64.6 Å². The molecule has 6 nitrogen and oxygen atoms in total. The Morgan fingerprint density at radius 2 is 2.28 bits per heavy atom. The van der Waals surface area contributed by atoms with E-state index >= 15 is 0 Å². The van der Waals surface area contributed by atoms with Gasteiger partial charge in [-0.15, -0.1) is 11.3 Å². The van der Waals surface area contributed by atoms with Gasteiger partial charge < -0.3 is 5.32 Å². The number of rotatable bonds is 8. The third-order valence-electron chi connectivity index (χ3n) is 5.20. The van der Waals surface area contributed by atoms with Gasteiger partial charge in [0.05, 0.1) is 23.6 Å². The first kappa shape index (κ1) is 21.8. The highest BCUT2D eigenvalue weighted by Gasteiger charge is 2.25. The molecule has 1 aliphatic carbocycles. The highest BCUT2D eigenvalue weighted by atomic mass is 32.2. The molecule has 0 radical (unpaired) electrons. The lowest BCUT2D eigenvalue weighted by molar-refractivity contribution is -0.118. The number of amides is 1. The van der Waals surface area contributed by atoms with Crippen molar-refractivity contribution in [2.75, 3.05) is 12.3 Å². The van der Waals surface area contributed by atoms with E-state index in [0.717, 1.165) is 35.9 Å². The van der Waals surface area contributed by atoms with Crippen molar-refractivity contribution in [1.29, 1.82) is 5.26 Å². The van der Waals surface area contributed by atoms with Crippen LogP contribution in [0, 0.1) is 23.2 Å². The molecule has 2 heterocycles. The number of hydrogen-bond donors (Lipinski definition) is 1. The van der Waals surface area contributed by atoms with E-state index in [-0.39, 0.29) is 17.2 Å². The van der Waals surface area contributed by atoms with E-state index in [0.29, 0.717) is 36.5 Å². The predicted molar refractivity (Wildman–Crippen MR) is 118 cm³/mol. The summed E-state index contributed by atoms with van der Waals surface area (Å²) >= 11 is 2.95. The topological polar surface area (TPSA) is 87.8 Å². The lowest BCUT2D eigenvalue weighted by atomic mass is 9.89. The van der Waals surface area contributed by atoms with Crippen LogP contribution in [0.15, 0.2) is 9.95 Å². The number of fused-ring (bicyclic) bond motifs is 3. The van der Waals surface area contributed by atoms with Gasteiger partial charge in [-0.1, -0.05) is 32.5 Å². The van der Waals surface area contributed by atoms with Crippen molar-refractivity contribution in [3.63, 3.8) is 0 Å². The molecule has 0 saturated carbocycles. The molecule has 1 N–H and O–H groups in total. The van der Waals surface area contributed by atoms with Crippen LogP contribution in [-0.4, -0.2) is 27.8 Å². The minimum Gasteiger partial charge on any atom is -0.354 e. The van der Waals surface area contributed by atoms with Crippen molar-refractivity contribution < 1.29 is 4.79 Å². The summed E-state index contributed by atoms with van der Waals surface area (Å²) < 4.78 is 1.76. The summed E-state index contributed by atoms with van der Waals surface area (Å²) in [5.41, 5.74) is 1.24. The molecular formula is C21H28N4O2S2. The van der Waals surface area contributed by atoms with Crippen LogP contribution in [0.3, 0.4) is 0 Å². The van der Waals surface area contributed by atoms with Crippen LogP contribution >= 0.6 is 23.1 Å². The van der Waals surface area contributed by atoms with Gasteiger partial charge in [0.2, 0.25) is 5.91 Å². The molecule has 2 aromatic rings. The Morgan fingerprint density at radius 1 is 1.48 bits per heavy atom. The van der Waals surface area contributed by atoms with Crippen LogP contribution in [0.1, 0.15) is 50.5 Å². The second-order valence-corrected chi connectivity index (χ2v) is 10.1. The Labute approximate surface area is 179 Å². The van der Waals surface area contributed by atoms with Crippen molar-refractivity contribution in [3.05, 3.63) is 20.8 Å². The first-order chi connectivity index (χ1) is 13.9. The third kappa shape index (κ3) is 5.20. The smallest absolute Gasteiger partial charge is 0.263 e. The van der Waals surface area contributed by atoms with Crippen molar-refractivity contribution in [1.82, 2.24) is 14.9 Å². The summed E-state index contributed by atoms with van der Waals surface area (Å²) in [6.45, 7) is 7.49. The number of nitrogens with zero attached hydrogens (tertiary/aromatic N) is 3. The molecule has 1 aliphatic rings. The number of nitrogens with one attached hydrogen (secondary N) is 1. The molecule has 1 atom stereocenters. The van der Waals surface area contributed by atoms with E-state index in [4.69, 9.17) is 10.2 Å². The van der Waals surface area contributed by atoms with Gasteiger partial charge in [0.15, 0.2) is 5.16 Å². The second-order valence-electron chi connectivity index (χ2n) is 8.11. The van der Waals surface area contributed by atoms with Crippen molar-refractivity contribution >= 4 is 39.2 Å². The van der Waals surface area contributed by atoms with E-state index in [9.17, 15) is 9.59 Å². The van der Waals surface area contributed by atoms with Crippen LogP contribution in [0.5, 0.6) is 0 Å². The van der Waals surface area contributed by atoms with Gasteiger partial charge in [0, 0.05) is 18.0 Å². The van der Waals surface area contributed by atoms with Crippen LogP contribution in [0.25, 0.3) is 10.2 Å². The molecule has 0 spiro atoms. The molecular weight excluding hydrogens is 404 g/mol. The lowest BCUT2D eigenvalue weighted by Crippen LogP contribution is -2.28. The minimum absolute atomic E-state index is 0.0371. The number of thioether (sulfide) groups is 1. The normalized spacial score (nSPS) is 16.0. The van der Waals surface area contributed by atoms with Gasteiger partial charge in [-0.05, 0) is 43.1 Å². The van der Waals surface area contributed by atoms with E-state index in [1.165, 1.54) is 22.2 Å². The maximum absolute atomic E-state index is 13.4. The van der Waals surface area contributed by atoms with E-state index in [1.54, 1.807) is 15.9 Å². The molecule has 1 unspecified atom stereocenters. The summed E-state index contributed by atoms with van der Waals surface area (Å²) in [4.78, 5) is 32.4. The zero-order valence-electron chi connectivity index (χ0n) is 17.3. The average molecular weight is 433 g/mol. The highest BCUT2D eigenvalue weighted by Crippen LogP contribution is 2.36. The minimum atomic E-state index is -0.144. The summed E-state index contributed by atoms with van der Waals surface area (Å²) in [5.74, 6) is 1.16. The largest absolute Gasteiger partial charge is 0.354 e. The van der Waals surface area contributed by atoms with E-state index in [1.807, 2.05) is 6.07 Å². The van der Waals surface area contributed by atoms with E-state index in [2.05, 4.69) is 26.1 Å². The first-order valence-electron chi connectivity index (χ1n) is 10.2. The van der Waals surface area contributed by atoms with Crippen molar-refractivity contribution in [2.24, 2.45) is 11.8 Å². The Hall–Kier alpha value is -1.85. The molecule has 156 valence electrons. The Morgan fingerprint density at radius 3 is 3.00 bits per heavy atom. The first-order valence-corrected chi connectivity index (χ1v) is 12.0. The number of aryl methyl sites for hydroxylation is 1. The van der Waals surface area contributed by atoms with Crippen LogP contribution in [0.2, 0.25) is 0 Å². The molecule has 2 aromatic heterocycles. The fourth-order valence-electron chi connectivity index (χ4n) is 3.54. The Kier molecular flexibility index (Phi) is 7.36. The van der Waals surface area contributed by atoms with Gasteiger partial charge in [-0.3, -0.25) is 14.2 Å². The molecule has 3 rings (SSSR count). The molecule has 29 heavy (non-hydrogen) atoms. The summed E-state index contributed by atoms with van der Waals surface area (Å²) in [6.07, 6.45) is 4.26. The number of nitriles is 1. The summed E-state index contributed by atoms with van der Waals surface area (Å²) in [6, 6.07) is 2.01. The quantitative estimate of drug-likeness (QED) is 0.390. The third-order valence-corrected chi connectivity index (χ3v) is 7.33. The summed E-state index contributed by atoms with van der Waals surface area (Å²) in [7, 11) is 0. The van der Waals surface area contributed by atoms with Gasteiger partial charge in [0.25, 0.3) is 5.56 Å². The van der Waals surface area contributed by atoms with Gasteiger partial charge in [-0.25, -0.2) is 4.98 Å². The maximum Gasteiger partial charge on any atom is 0.263 e. The fraction of sp³-hybridized carbons (Fsp3) is 0.619. The SMILES string of the molecule is CC(C)CCn1c(SCC(=O)NCCC#N)nc2sc3c(c2c1=O)CCC(C)C3. The zero-order chi connectivity index (χ0) is 21.0. The van der Waals surface area contributed by atoms with Gasteiger partial charge in [0.1, 0.15) is 4.83 Å². The molecule has 0 bridgehead atoms. The number of thiophene rings is 1. The molecule has 0 aliphatic heterocycles. The summed E-state index contributed by atoms with van der Waals surface area (Å²) in [5, 5.41) is 12.7. The highest BCUT2D eigenvalue weighted by molar-refractivity contribution is 7.99. The van der Waals surface area contributed by atoms with Crippen molar-refractivity contribution in [3.8, 4) is 6.07 Å². The fourth-order valence-corrected chi connectivity index (χ4v) is 5.82. The molecule has 8 heteroatoms. The monoisotopic (exact) mass is 432 g/mol. The van der Waals surface area contributed by atoms with Gasteiger partial charge in [-0.2, -0.15) is 5.26 Å². The zero-order valence-corrected chi connectivity index (χ0v) is 18.9. The second kappa shape index (κ2) is 9.77. The van der Waals surface area contributed by atoms with Gasteiger partial charge >= 0.3 is 0 Å². The number of carbonyl (C=O) groups excluding carboxylic acids is 1. The maximum atomic E-state index is 13.4. The number of carbonyl (C=O) groups is 1. The molecule has 0 fully saturated rings. The molecule has 0 aromatic carbocycles. The number of aromatic nitrogens is 2. The lowest BCUT2D eigenvalue weighted by Gasteiger charge is -2.18. The van der Waals surface area contributed by atoms with Crippen LogP contribution < -0.4 is 10.9 Å². The van der Waals surface area contributed by atoms with E-state index < -0.39 is 0 Å². The average Bonchev–Trinajstić information content (AvgIpc) is 3.03. The standard InChI is InChI=1S/C21H28N4O2S2/c1-13(2)7-10-25-20(27)18-15-6-5-14(3)11-16(15)29-19(18)24-21(25)28-12-17(26)23-9-4-8-22/h13-14H,4-7,9-12H2,1-3H3,(H,23,26). The molecule has 0 saturated heterocycles. The van der Waals surface area contributed by atoms with Crippen LogP contribution in [-0.2, 0) is 24.2 Å². The Bertz CT molecular complexity index is 987. The predicted octanol–water partition coefficient (Wildman–Crippen LogP) is 3.75. The van der Waals surface area contributed by atoms with Crippen LogP contribution in [0.4, 0.5) is 0 Å².